The normalized spacial score (nSPS) is 19.8. The number of benzene rings is 1. The van der Waals surface area contributed by atoms with E-state index in [1.165, 1.54) is 18.2 Å². The number of hydrogen-bond donors (Lipinski definition) is 0. The Bertz CT molecular complexity index is 1510. The van der Waals surface area contributed by atoms with Gasteiger partial charge >= 0.3 is 6.18 Å². The molecule has 0 radical (unpaired) electrons. The van der Waals surface area contributed by atoms with Crippen molar-refractivity contribution in [2.45, 2.75) is 58.0 Å². The summed E-state index contributed by atoms with van der Waals surface area (Å²) in [4.78, 5) is 34.1. The van der Waals surface area contributed by atoms with Crippen LogP contribution in [-0.2, 0) is 19.1 Å². The fourth-order valence-corrected chi connectivity index (χ4v) is 5.36. The zero-order valence-corrected chi connectivity index (χ0v) is 22.1. The van der Waals surface area contributed by atoms with E-state index in [1.54, 1.807) is 27.5 Å². The Hall–Kier alpha value is -3.91. The Morgan fingerprint density at radius 1 is 1.21 bits per heavy atom. The molecule has 0 saturated heterocycles. The predicted molar refractivity (Wildman–Crippen MR) is 135 cm³/mol. The first-order valence-corrected chi connectivity index (χ1v) is 12.7. The molecule has 0 unspecified atom stereocenters. The van der Waals surface area contributed by atoms with Gasteiger partial charge in [0, 0.05) is 36.3 Å². The molecule has 202 valence electrons. The summed E-state index contributed by atoms with van der Waals surface area (Å²) in [6.45, 7) is 6.03. The number of rotatable bonds is 3. The van der Waals surface area contributed by atoms with Crippen molar-refractivity contribution >= 4 is 23.4 Å². The second kappa shape index (κ2) is 9.68. The molecule has 5 rings (SSSR count). The van der Waals surface area contributed by atoms with Gasteiger partial charge in [-0.05, 0) is 50.6 Å². The van der Waals surface area contributed by atoms with Crippen molar-refractivity contribution < 1.29 is 22.8 Å². The lowest BCUT2D eigenvalue weighted by Gasteiger charge is -2.37. The van der Waals surface area contributed by atoms with Crippen molar-refractivity contribution in [3.8, 4) is 6.07 Å². The fraction of sp³-hybridized carbons (Fsp3) is 0.370. The molecule has 3 aromatic rings. The third-order valence-corrected chi connectivity index (χ3v) is 7.73. The third-order valence-electron chi connectivity index (χ3n) is 7.40. The largest absolute Gasteiger partial charge is 0.433 e. The summed E-state index contributed by atoms with van der Waals surface area (Å²) in [6.07, 6.45) is -2.96. The van der Waals surface area contributed by atoms with Crippen LogP contribution in [0.1, 0.15) is 81.8 Å². The summed E-state index contributed by atoms with van der Waals surface area (Å²) in [6, 6.07) is 7.82. The minimum Gasteiger partial charge on any atom is -0.331 e. The number of aromatic nitrogens is 3. The number of nitriles is 1. The van der Waals surface area contributed by atoms with E-state index in [2.05, 4.69) is 4.98 Å². The van der Waals surface area contributed by atoms with E-state index in [0.717, 1.165) is 18.0 Å². The zero-order valence-electron chi connectivity index (χ0n) is 21.3. The van der Waals surface area contributed by atoms with Crippen LogP contribution >= 0.6 is 11.6 Å². The Morgan fingerprint density at radius 3 is 2.59 bits per heavy atom. The van der Waals surface area contributed by atoms with Crippen molar-refractivity contribution in [1.82, 2.24) is 24.6 Å². The van der Waals surface area contributed by atoms with Crippen LogP contribution in [0.5, 0.6) is 0 Å². The molecule has 39 heavy (non-hydrogen) atoms. The summed E-state index contributed by atoms with van der Waals surface area (Å²) >= 11 is 6.03. The minimum absolute atomic E-state index is 0.150. The molecule has 0 fully saturated rings. The summed E-state index contributed by atoms with van der Waals surface area (Å²) in [7, 11) is 0. The maximum absolute atomic E-state index is 13.8. The molecule has 4 heterocycles. The highest BCUT2D eigenvalue weighted by molar-refractivity contribution is 6.31. The van der Waals surface area contributed by atoms with Gasteiger partial charge in [-0.25, -0.2) is 0 Å². The summed E-state index contributed by atoms with van der Waals surface area (Å²) in [5.74, 6) is -0.604. The highest BCUT2D eigenvalue weighted by Gasteiger charge is 2.41. The molecule has 2 aliphatic rings. The molecule has 0 N–H and O–H groups in total. The molecule has 8 nitrogen and oxygen atoms in total. The van der Waals surface area contributed by atoms with Gasteiger partial charge < -0.3 is 9.80 Å². The minimum atomic E-state index is -4.55. The average molecular weight is 557 g/mol. The summed E-state index contributed by atoms with van der Waals surface area (Å²) < 4.78 is 40.6. The number of nitrogens with zero attached hydrogens (tertiary/aromatic N) is 6. The molecule has 1 aromatic carbocycles. The number of pyridine rings is 1. The van der Waals surface area contributed by atoms with Crippen molar-refractivity contribution in [2.75, 3.05) is 6.54 Å². The van der Waals surface area contributed by atoms with E-state index in [4.69, 9.17) is 16.7 Å². The van der Waals surface area contributed by atoms with Gasteiger partial charge in [-0.1, -0.05) is 17.7 Å². The highest BCUT2D eigenvalue weighted by atomic mass is 35.5. The first-order valence-electron chi connectivity index (χ1n) is 12.4. The second-order valence-electron chi connectivity index (χ2n) is 9.97. The number of halogens is 4. The number of fused-ring (bicyclic) bond motifs is 3. The molecular formula is C27H24ClF3N6O2. The van der Waals surface area contributed by atoms with Crippen LogP contribution in [0.25, 0.3) is 0 Å². The first kappa shape index (κ1) is 26.7. The van der Waals surface area contributed by atoms with E-state index < -0.39 is 17.9 Å². The summed E-state index contributed by atoms with van der Waals surface area (Å²) in [5.41, 5.74) is 1.75. The molecule has 0 spiro atoms. The van der Waals surface area contributed by atoms with E-state index in [0.29, 0.717) is 35.3 Å². The lowest BCUT2D eigenvalue weighted by molar-refractivity contribution is -0.141. The van der Waals surface area contributed by atoms with Crippen molar-refractivity contribution in [3.63, 3.8) is 0 Å². The van der Waals surface area contributed by atoms with E-state index in [-0.39, 0.29) is 41.0 Å². The van der Waals surface area contributed by atoms with Gasteiger partial charge in [0.2, 0.25) is 0 Å². The van der Waals surface area contributed by atoms with Crippen LogP contribution in [-0.4, -0.2) is 49.0 Å². The van der Waals surface area contributed by atoms with Gasteiger partial charge in [0.1, 0.15) is 17.5 Å². The van der Waals surface area contributed by atoms with Crippen molar-refractivity contribution in [2.24, 2.45) is 0 Å². The standard InChI is InChI=1S/C27H24ClF3N6O2/c1-14-8-22-20(13-35(14)25(38)17-4-6-21(28)19(9-17)10-32)24-26(39)36(12-15(2)37(24)34-22)16(3)18-5-7-23(33-11-18)27(29,30)31/h4-7,9,11,14-16H,8,12-13H2,1-3H3/t14-,15-,16+/m1/s1. The fourth-order valence-electron chi connectivity index (χ4n) is 5.20. The van der Waals surface area contributed by atoms with Gasteiger partial charge in [-0.3, -0.25) is 19.3 Å². The van der Waals surface area contributed by atoms with Gasteiger partial charge in [0.05, 0.1) is 34.9 Å². The number of amides is 2. The predicted octanol–water partition coefficient (Wildman–Crippen LogP) is 5.19. The Labute approximate surface area is 227 Å². The van der Waals surface area contributed by atoms with E-state index in [1.807, 2.05) is 19.9 Å². The highest BCUT2D eigenvalue weighted by Crippen LogP contribution is 2.36. The monoisotopic (exact) mass is 556 g/mol. The first-order chi connectivity index (χ1) is 18.4. The molecule has 0 bridgehead atoms. The van der Waals surface area contributed by atoms with Crippen LogP contribution in [0.3, 0.4) is 0 Å². The molecule has 2 amide bonds. The maximum Gasteiger partial charge on any atom is 0.433 e. The van der Waals surface area contributed by atoms with Crippen LogP contribution in [0, 0.1) is 11.3 Å². The Balaban J connectivity index is 1.45. The molecule has 0 aliphatic carbocycles. The zero-order chi connectivity index (χ0) is 28.2. The molecular weight excluding hydrogens is 533 g/mol. The Morgan fingerprint density at radius 2 is 1.95 bits per heavy atom. The molecule has 2 aliphatic heterocycles. The van der Waals surface area contributed by atoms with Gasteiger partial charge in [0.15, 0.2) is 0 Å². The topological polar surface area (TPSA) is 95.1 Å². The lowest BCUT2D eigenvalue weighted by atomic mass is 9.96. The van der Waals surface area contributed by atoms with Crippen LogP contribution in [0.4, 0.5) is 13.2 Å². The van der Waals surface area contributed by atoms with Crippen LogP contribution < -0.4 is 0 Å². The number of hydrogen-bond acceptors (Lipinski definition) is 5. The molecule has 2 aromatic heterocycles. The Kier molecular flexibility index (Phi) is 6.63. The summed E-state index contributed by atoms with van der Waals surface area (Å²) in [5, 5.41) is 14.3. The number of alkyl halides is 3. The smallest absolute Gasteiger partial charge is 0.331 e. The van der Waals surface area contributed by atoms with Gasteiger partial charge in [-0.2, -0.15) is 23.5 Å². The van der Waals surface area contributed by atoms with Crippen LogP contribution in [0.2, 0.25) is 5.02 Å². The second-order valence-corrected chi connectivity index (χ2v) is 10.4. The third kappa shape index (κ3) is 4.63. The van der Waals surface area contributed by atoms with Crippen molar-refractivity contribution in [3.05, 3.63) is 80.9 Å². The molecule has 0 saturated carbocycles. The van der Waals surface area contributed by atoms with Gasteiger partial charge in [0.25, 0.3) is 11.8 Å². The van der Waals surface area contributed by atoms with E-state index in [9.17, 15) is 28.0 Å². The molecule has 3 atom stereocenters. The maximum atomic E-state index is 13.8. The quantitative estimate of drug-likeness (QED) is 0.443. The lowest BCUT2D eigenvalue weighted by Crippen LogP contribution is -2.45. The van der Waals surface area contributed by atoms with Crippen LogP contribution in [0.15, 0.2) is 36.5 Å². The van der Waals surface area contributed by atoms with Gasteiger partial charge in [-0.15, -0.1) is 0 Å². The average Bonchev–Trinajstić information content (AvgIpc) is 3.28. The number of carbonyl (C=O) groups is 2. The number of carbonyl (C=O) groups excluding carboxylic acids is 2. The molecule has 12 heteroatoms. The SMILES string of the molecule is C[C@@H]1Cc2nn3c(c2CN1C(=O)c1ccc(Cl)c(C#N)c1)C(=O)N([C@@H](C)c1ccc(C(F)(F)F)nc1)C[C@H]3C. The van der Waals surface area contributed by atoms with Crippen molar-refractivity contribution in [1.29, 1.82) is 5.26 Å². The van der Waals surface area contributed by atoms with E-state index >= 15 is 0 Å².